The van der Waals surface area contributed by atoms with Gasteiger partial charge in [-0.1, -0.05) is 6.08 Å². The summed E-state index contributed by atoms with van der Waals surface area (Å²) < 4.78 is 0. The quantitative estimate of drug-likeness (QED) is 0.813. The molecule has 5 heteroatoms. The Labute approximate surface area is 115 Å². The standard InChI is InChI=1S/C14H14N2O2S/c17-13-9-4-1-2-5-11(9)15-8-10(13)14(18)16-12-6-3-7-19-12/h3-4,6-8,11,15H,1-2,5H2,(H,16,18). The van der Waals surface area contributed by atoms with E-state index in [1.165, 1.54) is 11.3 Å². The van der Waals surface area contributed by atoms with Crippen LogP contribution in [0.4, 0.5) is 5.00 Å². The van der Waals surface area contributed by atoms with Gasteiger partial charge in [-0.15, -0.1) is 11.3 Å². The number of ketones is 1. The van der Waals surface area contributed by atoms with Gasteiger partial charge in [-0.25, -0.2) is 0 Å². The molecule has 2 aliphatic rings. The molecule has 1 aromatic rings. The highest BCUT2D eigenvalue weighted by Crippen LogP contribution is 2.26. The van der Waals surface area contributed by atoms with Crippen LogP contribution >= 0.6 is 11.3 Å². The molecule has 4 nitrogen and oxygen atoms in total. The van der Waals surface area contributed by atoms with Crippen LogP contribution in [-0.2, 0) is 9.59 Å². The first-order chi connectivity index (χ1) is 9.25. The van der Waals surface area contributed by atoms with Crippen LogP contribution in [0.15, 0.2) is 40.9 Å². The lowest BCUT2D eigenvalue weighted by atomic mass is 9.86. The molecule has 0 radical (unpaired) electrons. The second-order valence-corrected chi connectivity index (χ2v) is 5.58. The van der Waals surface area contributed by atoms with Crippen molar-refractivity contribution in [3.63, 3.8) is 0 Å². The van der Waals surface area contributed by atoms with Gasteiger partial charge in [0, 0.05) is 11.8 Å². The van der Waals surface area contributed by atoms with Gasteiger partial charge >= 0.3 is 0 Å². The van der Waals surface area contributed by atoms with Crippen LogP contribution in [0, 0.1) is 0 Å². The molecule has 0 aromatic carbocycles. The smallest absolute Gasteiger partial charge is 0.261 e. The Bertz CT molecular complexity index is 572. The van der Waals surface area contributed by atoms with E-state index in [1.54, 1.807) is 6.20 Å². The van der Waals surface area contributed by atoms with Crippen LogP contribution in [0.1, 0.15) is 19.3 Å². The minimum atomic E-state index is -0.343. The van der Waals surface area contributed by atoms with E-state index in [0.29, 0.717) is 0 Å². The summed E-state index contributed by atoms with van der Waals surface area (Å²) >= 11 is 1.43. The van der Waals surface area contributed by atoms with Crippen molar-refractivity contribution in [1.82, 2.24) is 5.32 Å². The lowest BCUT2D eigenvalue weighted by Gasteiger charge is -2.28. The number of hydrogen-bond acceptors (Lipinski definition) is 4. The maximum atomic E-state index is 12.3. The van der Waals surface area contributed by atoms with Crippen LogP contribution in [0.3, 0.4) is 0 Å². The second-order valence-electron chi connectivity index (χ2n) is 4.63. The number of nitrogens with one attached hydrogen (secondary N) is 2. The van der Waals surface area contributed by atoms with Crippen molar-refractivity contribution in [1.29, 1.82) is 0 Å². The Balaban J connectivity index is 1.80. The van der Waals surface area contributed by atoms with Gasteiger partial charge in [0.1, 0.15) is 5.57 Å². The molecule has 1 aliphatic heterocycles. The normalized spacial score (nSPS) is 21.9. The van der Waals surface area contributed by atoms with Crippen molar-refractivity contribution in [2.24, 2.45) is 0 Å². The number of allylic oxidation sites excluding steroid dienone is 1. The molecule has 3 rings (SSSR count). The molecule has 0 saturated heterocycles. The Morgan fingerprint density at radius 3 is 3.16 bits per heavy atom. The average molecular weight is 274 g/mol. The van der Waals surface area contributed by atoms with Crippen molar-refractivity contribution < 1.29 is 9.59 Å². The highest BCUT2D eigenvalue weighted by molar-refractivity contribution is 7.14. The highest BCUT2D eigenvalue weighted by Gasteiger charge is 2.32. The van der Waals surface area contributed by atoms with Gasteiger partial charge in [-0.05, 0) is 36.8 Å². The largest absolute Gasteiger partial charge is 0.383 e. The molecule has 0 fully saturated rings. The van der Waals surface area contributed by atoms with E-state index in [1.807, 2.05) is 23.6 Å². The molecule has 1 aliphatic carbocycles. The lowest BCUT2D eigenvalue weighted by molar-refractivity contribution is -0.118. The number of rotatable bonds is 2. The second kappa shape index (κ2) is 5.01. The number of hydrogen-bond donors (Lipinski definition) is 2. The Morgan fingerprint density at radius 1 is 1.47 bits per heavy atom. The fourth-order valence-corrected chi connectivity index (χ4v) is 3.02. The van der Waals surface area contributed by atoms with E-state index >= 15 is 0 Å². The van der Waals surface area contributed by atoms with Gasteiger partial charge in [0.25, 0.3) is 5.91 Å². The number of fused-ring (bicyclic) bond motifs is 1. The Hall–Kier alpha value is -1.88. The molecule has 0 bridgehead atoms. The van der Waals surface area contributed by atoms with Crippen molar-refractivity contribution in [3.05, 3.63) is 40.9 Å². The lowest BCUT2D eigenvalue weighted by Crippen LogP contribution is -2.40. The summed E-state index contributed by atoms with van der Waals surface area (Å²) in [7, 11) is 0. The molecule has 1 unspecified atom stereocenters. The van der Waals surface area contributed by atoms with E-state index in [0.717, 1.165) is 29.8 Å². The predicted octanol–water partition coefficient (Wildman–Crippen LogP) is 2.22. The maximum absolute atomic E-state index is 12.3. The summed E-state index contributed by atoms with van der Waals surface area (Å²) in [6.07, 6.45) is 6.46. The summed E-state index contributed by atoms with van der Waals surface area (Å²) in [6.45, 7) is 0. The van der Waals surface area contributed by atoms with Gasteiger partial charge < -0.3 is 10.6 Å². The van der Waals surface area contributed by atoms with E-state index in [9.17, 15) is 9.59 Å². The average Bonchev–Trinajstić information content (AvgIpc) is 2.92. The summed E-state index contributed by atoms with van der Waals surface area (Å²) in [5.41, 5.74) is 0.933. The van der Waals surface area contributed by atoms with Crippen LogP contribution < -0.4 is 10.6 Å². The topological polar surface area (TPSA) is 58.2 Å². The van der Waals surface area contributed by atoms with E-state index in [4.69, 9.17) is 0 Å². The van der Waals surface area contributed by atoms with Gasteiger partial charge in [-0.2, -0.15) is 0 Å². The monoisotopic (exact) mass is 274 g/mol. The molecule has 0 spiro atoms. The van der Waals surface area contributed by atoms with Gasteiger partial charge in [0.15, 0.2) is 5.78 Å². The Kier molecular flexibility index (Phi) is 3.21. The van der Waals surface area contributed by atoms with Crippen LogP contribution in [0.2, 0.25) is 0 Å². The number of anilines is 1. The molecule has 98 valence electrons. The molecule has 19 heavy (non-hydrogen) atoms. The SMILES string of the molecule is O=C(Nc1cccs1)C1=CNC2CCCC=C2C1=O. The number of Topliss-reactive ketones (excluding diaryl/α,β-unsaturated/α-hetero) is 1. The summed E-state index contributed by atoms with van der Waals surface area (Å²) in [4.78, 5) is 24.4. The van der Waals surface area contributed by atoms with E-state index in [-0.39, 0.29) is 23.3 Å². The third-order valence-electron chi connectivity index (χ3n) is 3.37. The molecule has 0 saturated carbocycles. The Morgan fingerprint density at radius 2 is 2.37 bits per heavy atom. The first kappa shape index (κ1) is 12.2. The van der Waals surface area contributed by atoms with Crippen LogP contribution in [0.25, 0.3) is 0 Å². The van der Waals surface area contributed by atoms with Crippen LogP contribution in [0.5, 0.6) is 0 Å². The summed E-state index contributed by atoms with van der Waals surface area (Å²) in [5.74, 6) is -0.484. The summed E-state index contributed by atoms with van der Waals surface area (Å²) in [6, 6.07) is 3.75. The van der Waals surface area contributed by atoms with E-state index in [2.05, 4.69) is 10.6 Å². The van der Waals surface area contributed by atoms with Crippen molar-refractivity contribution >= 4 is 28.0 Å². The molecular weight excluding hydrogens is 260 g/mol. The highest BCUT2D eigenvalue weighted by atomic mass is 32.1. The number of thiophene rings is 1. The molecule has 1 amide bonds. The summed E-state index contributed by atoms with van der Waals surface area (Å²) in [5, 5.41) is 8.52. The van der Waals surface area contributed by atoms with Crippen molar-refractivity contribution in [2.75, 3.05) is 5.32 Å². The molecule has 2 heterocycles. The third-order valence-corrected chi connectivity index (χ3v) is 4.16. The zero-order chi connectivity index (χ0) is 13.2. The van der Waals surface area contributed by atoms with Gasteiger partial charge in [0.2, 0.25) is 0 Å². The van der Waals surface area contributed by atoms with Crippen LogP contribution in [-0.4, -0.2) is 17.7 Å². The number of amides is 1. The first-order valence-electron chi connectivity index (χ1n) is 6.31. The minimum Gasteiger partial charge on any atom is -0.383 e. The minimum absolute atomic E-state index is 0.0829. The molecule has 2 N–H and O–H groups in total. The van der Waals surface area contributed by atoms with Crippen molar-refractivity contribution in [2.45, 2.75) is 25.3 Å². The van der Waals surface area contributed by atoms with E-state index < -0.39 is 0 Å². The molecule has 1 aromatic heterocycles. The van der Waals surface area contributed by atoms with Crippen molar-refractivity contribution in [3.8, 4) is 0 Å². The van der Waals surface area contributed by atoms with Gasteiger partial charge in [-0.3, -0.25) is 9.59 Å². The fraction of sp³-hybridized carbons (Fsp3) is 0.286. The first-order valence-corrected chi connectivity index (χ1v) is 7.19. The zero-order valence-corrected chi connectivity index (χ0v) is 11.1. The molecular formula is C14H14N2O2S. The fourth-order valence-electron chi connectivity index (χ4n) is 2.40. The molecule has 1 atom stereocenters. The number of carbonyl (C=O) groups is 2. The zero-order valence-electron chi connectivity index (χ0n) is 10.3. The predicted molar refractivity (Wildman–Crippen MR) is 74.9 cm³/mol. The maximum Gasteiger partial charge on any atom is 0.261 e. The van der Waals surface area contributed by atoms with Gasteiger partial charge in [0.05, 0.1) is 11.0 Å². The number of carbonyl (C=O) groups excluding carboxylic acids is 2. The third kappa shape index (κ3) is 2.33.